The van der Waals surface area contributed by atoms with Crippen LogP contribution in [0.4, 0.5) is 5.69 Å². The van der Waals surface area contributed by atoms with Crippen molar-refractivity contribution in [2.24, 2.45) is 0 Å². The van der Waals surface area contributed by atoms with Gasteiger partial charge < -0.3 is 9.84 Å². The Labute approximate surface area is 109 Å². The van der Waals surface area contributed by atoms with Gasteiger partial charge in [0.25, 0.3) is 11.6 Å². The smallest absolute Gasteiger partial charge is 0.270 e. The first-order chi connectivity index (χ1) is 9.10. The van der Waals surface area contributed by atoms with E-state index in [0.29, 0.717) is 23.8 Å². The summed E-state index contributed by atoms with van der Waals surface area (Å²) in [6, 6.07) is 4.70. The number of rotatable bonds is 5. The first-order valence-corrected chi connectivity index (χ1v) is 5.90. The number of nitrogens with one attached hydrogen (secondary N) is 1. The van der Waals surface area contributed by atoms with E-state index in [0.717, 1.165) is 12.1 Å². The van der Waals surface area contributed by atoms with E-state index in [4.69, 9.17) is 4.52 Å². The highest BCUT2D eigenvalue weighted by molar-refractivity contribution is 5.59. The normalized spacial score (nSPS) is 10.6. The fourth-order valence-corrected chi connectivity index (χ4v) is 1.67. The fraction of sp³-hybridized carbons (Fsp3) is 0.333. The molecular weight excluding hydrogens is 248 g/mol. The molecule has 1 N–H and O–H groups in total. The summed E-state index contributed by atoms with van der Waals surface area (Å²) in [6.07, 6.45) is 0. The monoisotopic (exact) mass is 262 g/mol. The van der Waals surface area contributed by atoms with Gasteiger partial charge in [0, 0.05) is 17.7 Å². The Balaban J connectivity index is 2.30. The van der Waals surface area contributed by atoms with Crippen LogP contribution in [0, 0.1) is 17.0 Å². The number of nitro groups is 1. The number of nitrogens with zero attached hydrogens (tertiary/aromatic N) is 3. The van der Waals surface area contributed by atoms with Gasteiger partial charge in [0.05, 0.1) is 11.5 Å². The van der Waals surface area contributed by atoms with Crippen LogP contribution in [0.15, 0.2) is 22.7 Å². The van der Waals surface area contributed by atoms with Crippen molar-refractivity contribution in [1.82, 2.24) is 15.5 Å². The third-order valence-corrected chi connectivity index (χ3v) is 2.52. The SMILES string of the molecule is CCNCc1noc(-c2cc(C)cc([N+](=O)[O-])c2)n1. The van der Waals surface area contributed by atoms with Gasteiger partial charge in [0.2, 0.25) is 0 Å². The fourth-order valence-electron chi connectivity index (χ4n) is 1.67. The van der Waals surface area contributed by atoms with Crippen molar-refractivity contribution in [3.05, 3.63) is 39.7 Å². The van der Waals surface area contributed by atoms with E-state index in [1.807, 2.05) is 6.92 Å². The first kappa shape index (κ1) is 13.2. The second-order valence-electron chi connectivity index (χ2n) is 4.11. The van der Waals surface area contributed by atoms with Crippen molar-refractivity contribution >= 4 is 5.69 Å². The van der Waals surface area contributed by atoms with Crippen molar-refractivity contribution in [3.63, 3.8) is 0 Å². The number of hydrogen-bond acceptors (Lipinski definition) is 6. The van der Waals surface area contributed by atoms with E-state index in [1.165, 1.54) is 12.1 Å². The highest BCUT2D eigenvalue weighted by Crippen LogP contribution is 2.24. The summed E-state index contributed by atoms with van der Waals surface area (Å²) in [6.45, 7) is 5.07. The summed E-state index contributed by atoms with van der Waals surface area (Å²) in [5, 5.41) is 17.7. The maximum absolute atomic E-state index is 10.8. The molecule has 0 radical (unpaired) electrons. The lowest BCUT2D eigenvalue weighted by Gasteiger charge is -1.98. The summed E-state index contributed by atoms with van der Waals surface area (Å²) in [5.74, 6) is 0.820. The zero-order chi connectivity index (χ0) is 13.8. The Morgan fingerprint density at radius 1 is 1.42 bits per heavy atom. The Hall–Kier alpha value is -2.28. The molecule has 0 atom stereocenters. The highest BCUT2D eigenvalue weighted by atomic mass is 16.6. The molecule has 0 bridgehead atoms. The van der Waals surface area contributed by atoms with Crippen molar-refractivity contribution in [1.29, 1.82) is 0 Å². The minimum Gasteiger partial charge on any atom is -0.334 e. The molecule has 7 heteroatoms. The Kier molecular flexibility index (Phi) is 3.86. The molecule has 2 aromatic rings. The molecule has 0 fully saturated rings. The van der Waals surface area contributed by atoms with Crippen molar-refractivity contribution < 1.29 is 9.45 Å². The van der Waals surface area contributed by atoms with Gasteiger partial charge in [-0.1, -0.05) is 12.1 Å². The number of non-ortho nitro benzene ring substituents is 1. The number of aromatic nitrogens is 2. The number of aryl methyl sites for hydroxylation is 1. The predicted octanol–water partition coefficient (Wildman–Crippen LogP) is 2.06. The summed E-state index contributed by atoms with van der Waals surface area (Å²) >= 11 is 0. The molecule has 0 aliphatic heterocycles. The lowest BCUT2D eigenvalue weighted by molar-refractivity contribution is -0.384. The van der Waals surface area contributed by atoms with Crippen LogP contribution in [0.5, 0.6) is 0 Å². The van der Waals surface area contributed by atoms with E-state index in [9.17, 15) is 10.1 Å². The van der Waals surface area contributed by atoms with Gasteiger partial charge >= 0.3 is 0 Å². The topological polar surface area (TPSA) is 94.1 Å². The van der Waals surface area contributed by atoms with Crippen LogP contribution in [-0.4, -0.2) is 21.6 Å². The Morgan fingerprint density at radius 3 is 2.89 bits per heavy atom. The molecule has 1 aromatic heterocycles. The summed E-state index contributed by atoms with van der Waals surface area (Å²) in [4.78, 5) is 14.6. The predicted molar refractivity (Wildman–Crippen MR) is 68.5 cm³/mol. The van der Waals surface area contributed by atoms with Crippen LogP contribution in [-0.2, 0) is 6.54 Å². The molecule has 0 spiro atoms. The standard InChI is InChI=1S/C12H14N4O3/c1-3-13-7-11-14-12(19-15-11)9-4-8(2)5-10(6-9)16(17)18/h4-6,13H,3,7H2,1-2H3. The largest absolute Gasteiger partial charge is 0.334 e. The highest BCUT2D eigenvalue weighted by Gasteiger charge is 2.14. The zero-order valence-corrected chi connectivity index (χ0v) is 10.7. The number of hydrogen-bond donors (Lipinski definition) is 1. The molecule has 0 unspecified atom stereocenters. The summed E-state index contributed by atoms with van der Waals surface area (Å²) < 4.78 is 5.11. The van der Waals surface area contributed by atoms with E-state index in [-0.39, 0.29) is 5.69 Å². The molecule has 7 nitrogen and oxygen atoms in total. The number of nitro benzene ring substituents is 1. The second-order valence-corrected chi connectivity index (χ2v) is 4.11. The number of benzene rings is 1. The molecule has 0 aliphatic carbocycles. The summed E-state index contributed by atoms with van der Waals surface area (Å²) in [7, 11) is 0. The summed E-state index contributed by atoms with van der Waals surface area (Å²) in [5.41, 5.74) is 1.35. The van der Waals surface area contributed by atoms with Gasteiger partial charge in [-0.25, -0.2) is 0 Å². The van der Waals surface area contributed by atoms with Crippen molar-refractivity contribution in [2.45, 2.75) is 20.4 Å². The van der Waals surface area contributed by atoms with Crippen LogP contribution in [0.2, 0.25) is 0 Å². The molecule has 100 valence electrons. The van der Waals surface area contributed by atoms with E-state index < -0.39 is 4.92 Å². The lowest BCUT2D eigenvalue weighted by atomic mass is 10.1. The van der Waals surface area contributed by atoms with Crippen LogP contribution in [0.25, 0.3) is 11.5 Å². The molecule has 0 saturated heterocycles. The first-order valence-electron chi connectivity index (χ1n) is 5.90. The van der Waals surface area contributed by atoms with Crippen LogP contribution >= 0.6 is 0 Å². The average molecular weight is 262 g/mol. The van der Waals surface area contributed by atoms with Crippen LogP contribution in [0.1, 0.15) is 18.3 Å². The molecule has 0 amide bonds. The van der Waals surface area contributed by atoms with Crippen LogP contribution in [0.3, 0.4) is 0 Å². The molecule has 2 rings (SSSR count). The average Bonchev–Trinajstić information content (AvgIpc) is 2.84. The second kappa shape index (κ2) is 5.57. The quantitative estimate of drug-likeness (QED) is 0.654. The zero-order valence-electron chi connectivity index (χ0n) is 10.7. The molecule has 19 heavy (non-hydrogen) atoms. The molecule has 0 aliphatic rings. The van der Waals surface area contributed by atoms with Gasteiger partial charge in [0.1, 0.15) is 0 Å². The van der Waals surface area contributed by atoms with Crippen molar-refractivity contribution in [3.8, 4) is 11.5 Å². The minimum atomic E-state index is -0.438. The van der Waals surface area contributed by atoms with Gasteiger partial charge in [-0.15, -0.1) is 0 Å². The van der Waals surface area contributed by atoms with Crippen LogP contribution < -0.4 is 5.32 Å². The van der Waals surface area contributed by atoms with E-state index in [2.05, 4.69) is 15.5 Å². The Bertz CT molecular complexity index is 594. The van der Waals surface area contributed by atoms with E-state index in [1.54, 1.807) is 13.0 Å². The minimum absolute atomic E-state index is 0.0152. The molecule has 1 aromatic carbocycles. The molecule has 1 heterocycles. The van der Waals surface area contributed by atoms with Crippen molar-refractivity contribution in [2.75, 3.05) is 6.54 Å². The maximum atomic E-state index is 10.8. The van der Waals surface area contributed by atoms with E-state index >= 15 is 0 Å². The molecule has 0 saturated carbocycles. The third kappa shape index (κ3) is 3.14. The van der Waals surface area contributed by atoms with Gasteiger partial charge in [-0.3, -0.25) is 10.1 Å². The lowest BCUT2D eigenvalue weighted by Crippen LogP contribution is -2.12. The van der Waals surface area contributed by atoms with Gasteiger partial charge in [-0.2, -0.15) is 4.98 Å². The third-order valence-electron chi connectivity index (χ3n) is 2.52. The maximum Gasteiger partial charge on any atom is 0.270 e. The molecular formula is C12H14N4O3. The van der Waals surface area contributed by atoms with Gasteiger partial charge in [-0.05, 0) is 25.1 Å². The van der Waals surface area contributed by atoms with Gasteiger partial charge in [0.15, 0.2) is 5.82 Å². The Morgan fingerprint density at radius 2 is 2.21 bits per heavy atom.